The number of hydrogen-bond donors (Lipinski definition) is 1. The quantitative estimate of drug-likeness (QED) is 0.764. The van der Waals surface area contributed by atoms with Crippen molar-refractivity contribution in [1.82, 2.24) is 9.80 Å². The van der Waals surface area contributed by atoms with Crippen LogP contribution in [0.25, 0.3) is 0 Å². The number of hydrogen-bond acceptors (Lipinski definition) is 3. The minimum absolute atomic E-state index is 0.227. The molecule has 0 radical (unpaired) electrons. The first-order valence-corrected chi connectivity index (χ1v) is 6.59. The second-order valence-electron chi connectivity index (χ2n) is 5.54. The smallest absolute Gasteiger partial charge is 0.306 e. The molecule has 1 atom stereocenters. The van der Waals surface area contributed by atoms with Gasteiger partial charge in [-0.2, -0.15) is 0 Å². The first-order valence-electron chi connectivity index (χ1n) is 6.59. The number of carboxylic acids is 1. The van der Waals surface area contributed by atoms with E-state index in [1.807, 2.05) is 0 Å². The lowest BCUT2D eigenvalue weighted by molar-refractivity contribution is -0.141. The SMILES string of the molecule is CC(CCN(C)CC1CCN(C)CC1)C(=O)O. The highest BCUT2D eigenvalue weighted by molar-refractivity contribution is 5.69. The largest absolute Gasteiger partial charge is 0.481 e. The topological polar surface area (TPSA) is 43.8 Å². The fraction of sp³-hybridized carbons (Fsp3) is 0.923. The lowest BCUT2D eigenvalue weighted by Crippen LogP contribution is -2.36. The Hall–Kier alpha value is -0.610. The Morgan fingerprint density at radius 1 is 1.47 bits per heavy atom. The van der Waals surface area contributed by atoms with Crippen LogP contribution in [0, 0.1) is 11.8 Å². The van der Waals surface area contributed by atoms with E-state index >= 15 is 0 Å². The summed E-state index contributed by atoms with van der Waals surface area (Å²) in [4.78, 5) is 15.4. The molecule has 0 aliphatic carbocycles. The molecule has 100 valence electrons. The third kappa shape index (κ3) is 5.50. The average molecular weight is 242 g/mol. The minimum atomic E-state index is -0.683. The molecule has 0 spiro atoms. The zero-order valence-electron chi connectivity index (χ0n) is 11.4. The van der Waals surface area contributed by atoms with E-state index in [9.17, 15) is 4.79 Å². The third-order valence-corrected chi connectivity index (χ3v) is 3.77. The highest BCUT2D eigenvalue weighted by Crippen LogP contribution is 2.17. The molecule has 1 heterocycles. The number of carbonyl (C=O) groups is 1. The molecule has 0 aromatic rings. The van der Waals surface area contributed by atoms with E-state index in [2.05, 4.69) is 23.9 Å². The molecule has 1 aliphatic heterocycles. The van der Waals surface area contributed by atoms with Gasteiger partial charge in [0.25, 0.3) is 0 Å². The molecule has 0 aromatic carbocycles. The van der Waals surface area contributed by atoms with Crippen molar-refractivity contribution in [3.05, 3.63) is 0 Å². The minimum Gasteiger partial charge on any atom is -0.481 e. The fourth-order valence-corrected chi connectivity index (χ4v) is 2.31. The summed E-state index contributed by atoms with van der Waals surface area (Å²) in [6.07, 6.45) is 3.29. The van der Waals surface area contributed by atoms with Gasteiger partial charge in [0.05, 0.1) is 5.92 Å². The van der Waals surface area contributed by atoms with Gasteiger partial charge in [-0.15, -0.1) is 0 Å². The molecule has 17 heavy (non-hydrogen) atoms. The van der Waals surface area contributed by atoms with Crippen LogP contribution in [0.2, 0.25) is 0 Å². The van der Waals surface area contributed by atoms with E-state index in [4.69, 9.17) is 5.11 Å². The summed E-state index contributed by atoms with van der Waals surface area (Å²) in [6.45, 7) is 6.18. The summed E-state index contributed by atoms with van der Waals surface area (Å²) >= 11 is 0. The van der Waals surface area contributed by atoms with Crippen LogP contribution in [0.5, 0.6) is 0 Å². The maximum Gasteiger partial charge on any atom is 0.306 e. The molecule has 1 unspecified atom stereocenters. The zero-order valence-corrected chi connectivity index (χ0v) is 11.4. The summed E-state index contributed by atoms with van der Waals surface area (Å²) in [5.74, 6) is -0.121. The van der Waals surface area contributed by atoms with Gasteiger partial charge in [-0.3, -0.25) is 4.79 Å². The molecule has 1 fully saturated rings. The normalized spacial score (nSPS) is 20.7. The van der Waals surface area contributed by atoms with E-state index in [0.717, 1.165) is 25.4 Å². The molecule has 0 aromatic heterocycles. The van der Waals surface area contributed by atoms with Crippen LogP contribution in [-0.4, -0.2) is 61.2 Å². The second-order valence-corrected chi connectivity index (χ2v) is 5.54. The van der Waals surface area contributed by atoms with E-state index in [1.54, 1.807) is 6.92 Å². The zero-order chi connectivity index (χ0) is 12.8. The van der Waals surface area contributed by atoms with Gasteiger partial charge in [0.1, 0.15) is 0 Å². The van der Waals surface area contributed by atoms with Crippen LogP contribution in [0.4, 0.5) is 0 Å². The number of nitrogens with zero attached hydrogens (tertiary/aromatic N) is 2. The Kier molecular flexibility index (Phi) is 5.92. The van der Waals surface area contributed by atoms with E-state index < -0.39 is 5.97 Å². The average Bonchev–Trinajstić information content (AvgIpc) is 2.29. The van der Waals surface area contributed by atoms with Gasteiger partial charge in [-0.25, -0.2) is 0 Å². The lowest BCUT2D eigenvalue weighted by Gasteiger charge is -2.31. The third-order valence-electron chi connectivity index (χ3n) is 3.77. The predicted molar refractivity (Wildman–Crippen MR) is 69.1 cm³/mol. The molecule has 1 aliphatic rings. The standard InChI is InChI=1S/C13H26N2O2/c1-11(13(16)17)4-7-15(3)10-12-5-8-14(2)9-6-12/h11-12H,4-10H2,1-3H3,(H,16,17). The number of rotatable bonds is 6. The van der Waals surface area contributed by atoms with Crippen LogP contribution < -0.4 is 0 Å². The summed E-state index contributed by atoms with van der Waals surface area (Å²) in [7, 11) is 4.28. The molecule has 0 bridgehead atoms. The van der Waals surface area contributed by atoms with Crippen molar-refractivity contribution in [2.45, 2.75) is 26.2 Å². The molecule has 4 nitrogen and oxygen atoms in total. The van der Waals surface area contributed by atoms with E-state index in [-0.39, 0.29) is 5.92 Å². The highest BCUT2D eigenvalue weighted by Gasteiger charge is 2.18. The van der Waals surface area contributed by atoms with Crippen molar-refractivity contribution < 1.29 is 9.90 Å². The Morgan fingerprint density at radius 2 is 2.06 bits per heavy atom. The van der Waals surface area contributed by atoms with Gasteiger partial charge in [-0.1, -0.05) is 6.92 Å². The maximum absolute atomic E-state index is 10.7. The molecule has 4 heteroatoms. The second kappa shape index (κ2) is 6.97. The first-order chi connectivity index (χ1) is 7.99. The fourth-order valence-electron chi connectivity index (χ4n) is 2.31. The molecule has 0 amide bonds. The molecule has 1 saturated heterocycles. The van der Waals surface area contributed by atoms with Crippen LogP contribution in [0.15, 0.2) is 0 Å². The first kappa shape index (κ1) is 14.5. The molecule has 1 N–H and O–H groups in total. The Balaban J connectivity index is 2.16. The number of likely N-dealkylation sites (tertiary alicyclic amines) is 1. The predicted octanol–water partition coefficient (Wildman–Crippen LogP) is 1.37. The van der Waals surface area contributed by atoms with Crippen molar-refractivity contribution >= 4 is 5.97 Å². The van der Waals surface area contributed by atoms with Crippen molar-refractivity contribution in [2.75, 3.05) is 40.3 Å². The lowest BCUT2D eigenvalue weighted by atomic mass is 9.96. The molecule has 0 saturated carbocycles. The number of piperidine rings is 1. The summed E-state index contributed by atoms with van der Waals surface area (Å²) in [5.41, 5.74) is 0. The van der Waals surface area contributed by atoms with Gasteiger partial charge in [-0.05, 0) is 58.9 Å². The van der Waals surface area contributed by atoms with E-state index in [0.29, 0.717) is 0 Å². The van der Waals surface area contributed by atoms with Crippen molar-refractivity contribution in [3.63, 3.8) is 0 Å². The summed E-state index contributed by atoms with van der Waals surface area (Å²) in [6, 6.07) is 0. The Bertz CT molecular complexity index is 238. The number of carboxylic acid groups (broad SMARTS) is 1. The van der Waals surface area contributed by atoms with Gasteiger partial charge in [0.15, 0.2) is 0 Å². The summed E-state index contributed by atoms with van der Waals surface area (Å²) < 4.78 is 0. The van der Waals surface area contributed by atoms with Crippen molar-refractivity contribution in [3.8, 4) is 0 Å². The molecular formula is C13H26N2O2. The van der Waals surface area contributed by atoms with Crippen LogP contribution >= 0.6 is 0 Å². The van der Waals surface area contributed by atoms with Crippen LogP contribution in [-0.2, 0) is 4.79 Å². The Labute approximate surface area is 105 Å². The highest BCUT2D eigenvalue weighted by atomic mass is 16.4. The van der Waals surface area contributed by atoms with Gasteiger partial charge >= 0.3 is 5.97 Å². The molecule has 1 rings (SSSR count). The maximum atomic E-state index is 10.7. The Morgan fingerprint density at radius 3 is 2.59 bits per heavy atom. The van der Waals surface area contributed by atoms with Crippen LogP contribution in [0.1, 0.15) is 26.2 Å². The van der Waals surface area contributed by atoms with Crippen molar-refractivity contribution in [1.29, 1.82) is 0 Å². The van der Waals surface area contributed by atoms with Gasteiger partial charge in [0.2, 0.25) is 0 Å². The van der Waals surface area contributed by atoms with Gasteiger partial charge in [0, 0.05) is 6.54 Å². The number of aliphatic carboxylic acids is 1. The summed E-state index contributed by atoms with van der Waals surface area (Å²) in [5, 5.41) is 8.82. The van der Waals surface area contributed by atoms with Gasteiger partial charge < -0.3 is 14.9 Å². The molecular weight excluding hydrogens is 216 g/mol. The van der Waals surface area contributed by atoms with Crippen LogP contribution in [0.3, 0.4) is 0 Å². The monoisotopic (exact) mass is 242 g/mol. The van der Waals surface area contributed by atoms with Crippen molar-refractivity contribution in [2.24, 2.45) is 11.8 Å². The van der Waals surface area contributed by atoms with E-state index in [1.165, 1.54) is 25.9 Å².